The molecule has 1 saturated heterocycles. The van der Waals surface area contributed by atoms with Gasteiger partial charge in [-0.3, -0.25) is 4.90 Å². The molecule has 1 aliphatic rings. The zero-order valence-electron chi connectivity index (χ0n) is 16.5. The molecule has 1 aliphatic heterocycles. The SMILES string of the molecule is COC(=O)c1ccc(CN(C(=O)N2C[C@@H](C)O[C@@H](C)C2)c2ccccc2)cc1. The Kier molecular flexibility index (Phi) is 6.31. The number of carbonyl (C=O) groups is 2. The maximum atomic E-state index is 13.3. The number of anilines is 1. The van der Waals surface area contributed by atoms with Crippen molar-refractivity contribution in [2.24, 2.45) is 0 Å². The number of carbonyl (C=O) groups excluding carboxylic acids is 2. The highest BCUT2D eigenvalue weighted by atomic mass is 16.5. The van der Waals surface area contributed by atoms with Crippen molar-refractivity contribution in [3.8, 4) is 0 Å². The van der Waals surface area contributed by atoms with Crippen molar-refractivity contribution in [2.75, 3.05) is 25.1 Å². The normalized spacial score (nSPS) is 19.2. The maximum absolute atomic E-state index is 13.3. The fraction of sp³-hybridized carbons (Fsp3) is 0.364. The van der Waals surface area contributed by atoms with E-state index in [4.69, 9.17) is 9.47 Å². The number of para-hydroxylation sites is 1. The van der Waals surface area contributed by atoms with Crippen LogP contribution in [0.1, 0.15) is 29.8 Å². The van der Waals surface area contributed by atoms with Gasteiger partial charge < -0.3 is 14.4 Å². The third kappa shape index (κ3) is 4.70. The van der Waals surface area contributed by atoms with Crippen LogP contribution >= 0.6 is 0 Å². The largest absolute Gasteiger partial charge is 0.465 e. The molecule has 0 N–H and O–H groups in total. The molecule has 0 saturated carbocycles. The van der Waals surface area contributed by atoms with E-state index in [1.807, 2.05) is 61.2 Å². The molecule has 0 spiro atoms. The van der Waals surface area contributed by atoms with Crippen molar-refractivity contribution in [3.63, 3.8) is 0 Å². The first-order valence-electron chi connectivity index (χ1n) is 9.42. The van der Waals surface area contributed by atoms with E-state index in [1.54, 1.807) is 17.0 Å². The molecule has 0 bridgehead atoms. The van der Waals surface area contributed by atoms with Gasteiger partial charge in [0.1, 0.15) is 0 Å². The van der Waals surface area contributed by atoms with Gasteiger partial charge in [-0.2, -0.15) is 0 Å². The van der Waals surface area contributed by atoms with Crippen molar-refractivity contribution in [1.29, 1.82) is 0 Å². The van der Waals surface area contributed by atoms with Crippen molar-refractivity contribution >= 4 is 17.7 Å². The molecule has 1 fully saturated rings. The Morgan fingerprint density at radius 1 is 1.04 bits per heavy atom. The van der Waals surface area contributed by atoms with Gasteiger partial charge in [0.2, 0.25) is 0 Å². The minimum atomic E-state index is -0.376. The second-order valence-electron chi connectivity index (χ2n) is 7.06. The van der Waals surface area contributed by atoms with Crippen LogP contribution in [0.4, 0.5) is 10.5 Å². The first-order chi connectivity index (χ1) is 13.5. The van der Waals surface area contributed by atoms with Crippen LogP contribution in [-0.4, -0.2) is 49.3 Å². The number of ether oxygens (including phenoxy) is 2. The predicted octanol–water partition coefficient (Wildman–Crippen LogP) is 3.71. The molecule has 2 aromatic carbocycles. The van der Waals surface area contributed by atoms with Crippen molar-refractivity contribution in [3.05, 3.63) is 65.7 Å². The fourth-order valence-corrected chi connectivity index (χ4v) is 3.43. The number of benzene rings is 2. The summed E-state index contributed by atoms with van der Waals surface area (Å²) in [4.78, 5) is 28.6. The van der Waals surface area contributed by atoms with E-state index in [2.05, 4.69) is 0 Å². The van der Waals surface area contributed by atoms with Crippen LogP contribution in [0.5, 0.6) is 0 Å². The minimum absolute atomic E-state index is 0.00432. The highest BCUT2D eigenvalue weighted by Crippen LogP contribution is 2.21. The Morgan fingerprint density at radius 3 is 2.21 bits per heavy atom. The third-order valence-corrected chi connectivity index (χ3v) is 4.70. The molecule has 2 aromatic rings. The third-order valence-electron chi connectivity index (χ3n) is 4.70. The maximum Gasteiger partial charge on any atom is 0.337 e. The van der Waals surface area contributed by atoms with E-state index in [9.17, 15) is 9.59 Å². The zero-order valence-corrected chi connectivity index (χ0v) is 16.5. The molecular formula is C22H26N2O4. The minimum Gasteiger partial charge on any atom is -0.465 e. The van der Waals surface area contributed by atoms with E-state index in [1.165, 1.54) is 7.11 Å². The van der Waals surface area contributed by atoms with E-state index in [-0.39, 0.29) is 24.2 Å². The number of hydrogen-bond acceptors (Lipinski definition) is 4. The van der Waals surface area contributed by atoms with Crippen LogP contribution in [0.15, 0.2) is 54.6 Å². The molecule has 0 aromatic heterocycles. The van der Waals surface area contributed by atoms with Gasteiger partial charge in [0.05, 0.1) is 31.4 Å². The van der Waals surface area contributed by atoms with Crippen LogP contribution in [-0.2, 0) is 16.0 Å². The number of esters is 1. The molecule has 3 rings (SSSR count). The quantitative estimate of drug-likeness (QED) is 0.757. The molecule has 0 aliphatic carbocycles. The lowest BCUT2D eigenvalue weighted by Gasteiger charge is -2.38. The number of hydrogen-bond donors (Lipinski definition) is 0. The van der Waals surface area contributed by atoms with Gasteiger partial charge in [-0.15, -0.1) is 0 Å². The molecule has 0 radical (unpaired) electrons. The Balaban J connectivity index is 1.83. The van der Waals surface area contributed by atoms with E-state index in [0.717, 1.165) is 11.3 Å². The molecule has 1 heterocycles. The topological polar surface area (TPSA) is 59.1 Å². The summed E-state index contributed by atoms with van der Waals surface area (Å²) in [5.41, 5.74) is 2.25. The summed E-state index contributed by atoms with van der Waals surface area (Å²) in [6.07, 6.45) is 0.00864. The lowest BCUT2D eigenvalue weighted by atomic mass is 10.1. The van der Waals surface area contributed by atoms with Gasteiger partial charge in [0.25, 0.3) is 0 Å². The average molecular weight is 382 g/mol. The monoisotopic (exact) mass is 382 g/mol. The van der Waals surface area contributed by atoms with Crippen LogP contribution in [0.25, 0.3) is 0 Å². The molecule has 2 amide bonds. The van der Waals surface area contributed by atoms with Crippen LogP contribution < -0.4 is 4.90 Å². The highest BCUT2D eigenvalue weighted by molar-refractivity contribution is 5.92. The summed E-state index contributed by atoms with van der Waals surface area (Å²) in [6, 6.07) is 16.7. The van der Waals surface area contributed by atoms with Crippen molar-refractivity contribution in [2.45, 2.75) is 32.6 Å². The van der Waals surface area contributed by atoms with E-state index >= 15 is 0 Å². The van der Waals surface area contributed by atoms with Crippen LogP contribution in [0, 0.1) is 0 Å². The molecule has 2 atom stereocenters. The number of nitrogens with zero attached hydrogens (tertiary/aromatic N) is 2. The van der Waals surface area contributed by atoms with Gasteiger partial charge in [-0.25, -0.2) is 9.59 Å². The molecule has 6 heteroatoms. The molecule has 6 nitrogen and oxygen atoms in total. The zero-order chi connectivity index (χ0) is 20.1. The number of morpholine rings is 1. The van der Waals surface area contributed by atoms with Gasteiger partial charge in [-0.1, -0.05) is 30.3 Å². The van der Waals surface area contributed by atoms with Crippen LogP contribution in [0.3, 0.4) is 0 Å². The molecule has 28 heavy (non-hydrogen) atoms. The Labute approximate surface area is 165 Å². The second-order valence-corrected chi connectivity index (χ2v) is 7.06. The summed E-state index contributed by atoms with van der Waals surface area (Å²) >= 11 is 0. The Hall–Kier alpha value is -2.86. The lowest BCUT2D eigenvalue weighted by molar-refractivity contribution is -0.0537. The number of urea groups is 1. The smallest absolute Gasteiger partial charge is 0.337 e. The first-order valence-corrected chi connectivity index (χ1v) is 9.42. The number of rotatable bonds is 4. The first kappa shape index (κ1) is 19.9. The molecule has 148 valence electrons. The summed E-state index contributed by atoms with van der Waals surface area (Å²) in [5.74, 6) is -0.376. The van der Waals surface area contributed by atoms with Crippen LogP contribution in [0.2, 0.25) is 0 Å². The summed E-state index contributed by atoms with van der Waals surface area (Å²) in [7, 11) is 1.36. The lowest BCUT2D eigenvalue weighted by Crippen LogP contribution is -2.52. The van der Waals surface area contributed by atoms with Gasteiger partial charge >= 0.3 is 12.0 Å². The average Bonchev–Trinajstić information content (AvgIpc) is 2.71. The highest BCUT2D eigenvalue weighted by Gasteiger charge is 2.29. The molecular weight excluding hydrogens is 356 g/mol. The Morgan fingerprint density at radius 2 is 1.64 bits per heavy atom. The summed E-state index contributed by atoms with van der Waals surface area (Å²) in [5, 5.41) is 0. The fourth-order valence-electron chi connectivity index (χ4n) is 3.43. The summed E-state index contributed by atoms with van der Waals surface area (Å²) in [6.45, 7) is 5.49. The number of amides is 2. The standard InChI is InChI=1S/C22H26N2O4/c1-16-13-23(14-17(2)28-16)22(26)24(20-7-5-4-6-8-20)15-18-9-11-19(12-10-18)21(25)27-3/h4-12,16-17H,13-15H2,1-3H3/t16-,17+. The van der Waals surface area contributed by atoms with E-state index < -0.39 is 0 Å². The van der Waals surface area contributed by atoms with Gasteiger partial charge in [-0.05, 0) is 43.7 Å². The van der Waals surface area contributed by atoms with Crippen molar-refractivity contribution < 1.29 is 19.1 Å². The van der Waals surface area contributed by atoms with Gasteiger partial charge in [0.15, 0.2) is 0 Å². The van der Waals surface area contributed by atoms with Crippen molar-refractivity contribution in [1.82, 2.24) is 4.90 Å². The number of methoxy groups -OCH3 is 1. The predicted molar refractivity (Wildman–Crippen MR) is 107 cm³/mol. The molecule has 0 unspecified atom stereocenters. The summed E-state index contributed by atoms with van der Waals surface area (Å²) < 4.78 is 10.5. The Bertz CT molecular complexity index is 797. The van der Waals surface area contributed by atoms with E-state index in [0.29, 0.717) is 25.2 Å². The van der Waals surface area contributed by atoms with Gasteiger partial charge in [0, 0.05) is 18.8 Å². The second kappa shape index (κ2) is 8.89.